The van der Waals surface area contributed by atoms with Crippen molar-refractivity contribution < 1.29 is 9.47 Å². The number of ether oxygens (including phenoxy) is 2. The van der Waals surface area contributed by atoms with Crippen LogP contribution in [0.25, 0.3) is 11.0 Å². The third kappa shape index (κ3) is 2.79. The summed E-state index contributed by atoms with van der Waals surface area (Å²) in [7, 11) is 3.31. The Bertz CT molecular complexity index is 683. The van der Waals surface area contributed by atoms with Gasteiger partial charge in [-0.3, -0.25) is 0 Å². The maximum absolute atomic E-state index is 5.48. The van der Waals surface area contributed by atoms with Gasteiger partial charge in [0.05, 0.1) is 25.3 Å². The molecule has 0 atom stereocenters. The topological polar surface area (TPSA) is 39.2 Å². The quantitative estimate of drug-likeness (QED) is 0.837. The zero-order chi connectivity index (χ0) is 14.8. The summed E-state index contributed by atoms with van der Waals surface area (Å²) in [4.78, 5) is 3.27. The number of hydrogen-bond acceptors (Lipinski definition) is 3. The van der Waals surface area contributed by atoms with Crippen molar-refractivity contribution >= 4 is 23.3 Å². The number of imidazole rings is 1. The Hall–Kier alpha value is -1.49. The fourth-order valence-electron chi connectivity index (χ4n) is 3.32. The molecule has 0 unspecified atom stereocenters. The predicted octanol–water partition coefficient (Wildman–Crippen LogP) is 4.30. The molecule has 1 fully saturated rings. The van der Waals surface area contributed by atoms with Crippen LogP contribution >= 0.6 is 12.2 Å². The van der Waals surface area contributed by atoms with E-state index in [9.17, 15) is 0 Å². The van der Waals surface area contributed by atoms with Crippen molar-refractivity contribution in [1.29, 1.82) is 0 Å². The smallest absolute Gasteiger partial charge is 0.178 e. The number of nitrogens with zero attached hydrogens (tertiary/aromatic N) is 1. The average molecular weight is 306 g/mol. The van der Waals surface area contributed by atoms with Crippen LogP contribution in [0, 0.1) is 10.7 Å². The van der Waals surface area contributed by atoms with E-state index >= 15 is 0 Å². The third-order valence-corrected chi connectivity index (χ3v) is 4.84. The van der Waals surface area contributed by atoms with Crippen molar-refractivity contribution in [3.05, 3.63) is 16.9 Å². The first-order valence-corrected chi connectivity index (χ1v) is 7.98. The number of hydrogen-bond donors (Lipinski definition) is 1. The van der Waals surface area contributed by atoms with Crippen molar-refractivity contribution in [2.75, 3.05) is 14.2 Å². The zero-order valence-electron chi connectivity index (χ0n) is 12.6. The van der Waals surface area contributed by atoms with Gasteiger partial charge >= 0.3 is 0 Å². The van der Waals surface area contributed by atoms with E-state index in [4.69, 9.17) is 21.7 Å². The molecule has 114 valence electrons. The lowest BCUT2D eigenvalue weighted by atomic mass is 10.0. The fourth-order valence-corrected chi connectivity index (χ4v) is 3.62. The van der Waals surface area contributed by atoms with Gasteiger partial charge < -0.3 is 19.0 Å². The van der Waals surface area contributed by atoms with E-state index in [0.29, 0.717) is 0 Å². The van der Waals surface area contributed by atoms with Gasteiger partial charge in [0.1, 0.15) is 0 Å². The van der Waals surface area contributed by atoms with Crippen LogP contribution in [-0.2, 0) is 6.54 Å². The first-order valence-electron chi connectivity index (χ1n) is 7.57. The van der Waals surface area contributed by atoms with Crippen LogP contribution < -0.4 is 9.47 Å². The first-order chi connectivity index (χ1) is 10.2. The third-order valence-electron chi connectivity index (χ3n) is 4.52. The van der Waals surface area contributed by atoms with Crippen LogP contribution in [-0.4, -0.2) is 23.8 Å². The SMILES string of the molecule is COc1cc2[nH]c(=S)n(CCC3CCCC3)c2cc1OC. The number of benzene rings is 1. The molecule has 21 heavy (non-hydrogen) atoms. The van der Waals surface area contributed by atoms with Crippen molar-refractivity contribution in [3.63, 3.8) is 0 Å². The second-order valence-corrected chi connectivity index (χ2v) is 6.13. The number of aromatic nitrogens is 2. The van der Waals surface area contributed by atoms with E-state index in [0.717, 1.165) is 39.8 Å². The van der Waals surface area contributed by atoms with Crippen LogP contribution in [0.15, 0.2) is 12.1 Å². The summed E-state index contributed by atoms with van der Waals surface area (Å²) in [5.74, 6) is 2.33. The molecular weight excluding hydrogens is 284 g/mol. The minimum Gasteiger partial charge on any atom is -0.493 e. The summed E-state index contributed by atoms with van der Waals surface area (Å²) in [6, 6.07) is 3.96. The lowest BCUT2D eigenvalue weighted by Gasteiger charge is -2.11. The average Bonchev–Trinajstić information content (AvgIpc) is 3.10. The first kappa shape index (κ1) is 14.4. The molecule has 1 aromatic heterocycles. The van der Waals surface area contributed by atoms with E-state index in [1.54, 1.807) is 14.2 Å². The largest absolute Gasteiger partial charge is 0.493 e. The molecule has 1 aliphatic rings. The van der Waals surface area contributed by atoms with Crippen LogP contribution in [0.3, 0.4) is 0 Å². The number of aromatic amines is 1. The highest BCUT2D eigenvalue weighted by Crippen LogP contribution is 2.33. The molecule has 1 N–H and O–H groups in total. The van der Waals surface area contributed by atoms with E-state index < -0.39 is 0 Å². The Morgan fingerprint density at radius 2 is 1.86 bits per heavy atom. The Morgan fingerprint density at radius 3 is 2.52 bits per heavy atom. The van der Waals surface area contributed by atoms with Gasteiger partial charge in [-0.05, 0) is 24.6 Å². The number of fused-ring (bicyclic) bond motifs is 1. The van der Waals surface area contributed by atoms with Gasteiger partial charge in [-0.25, -0.2) is 0 Å². The second-order valence-electron chi connectivity index (χ2n) is 5.75. The molecule has 0 saturated heterocycles. The van der Waals surface area contributed by atoms with Gasteiger partial charge in [-0.15, -0.1) is 0 Å². The van der Waals surface area contributed by atoms with Gasteiger partial charge in [0.2, 0.25) is 0 Å². The highest BCUT2D eigenvalue weighted by Gasteiger charge is 2.16. The monoisotopic (exact) mass is 306 g/mol. The van der Waals surface area contributed by atoms with Gasteiger partial charge in [-0.2, -0.15) is 0 Å². The maximum atomic E-state index is 5.48. The second kappa shape index (κ2) is 6.10. The number of H-pyrrole nitrogens is 1. The van der Waals surface area contributed by atoms with Crippen LogP contribution in [0.4, 0.5) is 0 Å². The van der Waals surface area contributed by atoms with Crippen LogP contribution in [0.5, 0.6) is 11.5 Å². The van der Waals surface area contributed by atoms with Crippen LogP contribution in [0.1, 0.15) is 32.1 Å². The summed E-state index contributed by atoms with van der Waals surface area (Å²) < 4.78 is 13.7. The fraction of sp³-hybridized carbons (Fsp3) is 0.562. The Labute approximate surface area is 130 Å². The zero-order valence-corrected chi connectivity index (χ0v) is 13.5. The minimum atomic E-state index is 0.726. The van der Waals surface area contributed by atoms with Crippen molar-refractivity contribution in [2.24, 2.45) is 5.92 Å². The Kier molecular flexibility index (Phi) is 4.19. The predicted molar refractivity (Wildman–Crippen MR) is 86.8 cm³/mol. The molecule has 0 spiro atoms. The molecule has 1 aliphatic carbocycles. The van der Waals surface area contributed by atoms with Gasteiger partial charge in [0.25, 0.3) is 0 Å². The van der Waals surface area contributed by atoms with E-state index in [2.05, 4.69) is 9.55 Å². The molecule has 1 heterocycles. The minimum absolute atomic E-state index is 0.726. The number of methoxy groups -OCH3 is 2. The Morgan fingerprint density at radius 1 is 1.19 bits per heavy atom. The molecule has 0 aliphatic heterocycles. The number of rotatable bonds is 5. The summed E-state index contributed by atoms with van der Waals surface area (Å²) in [6.45, 7) is 0.971. The molecule has 0 amide bonds. The van der Waals surface area contributed by atoms with E-state index in [1.807, 2.05) is 12.1 Å². The maximum Gasteiger partial charge on any atom is 0.178 e. The molecule has 5 heteroatoms. The molecule has 1 aromatic carbocycles. The summed E-state index contributed by atoms with van der Waals surface area (Å²) in [6.07, 6.45) is 6.71. The van der Waals surface area contributed by atoms with E-state index in [1.165, 1.54) is 32.1 Å². The molecular formula is C16H22N2O2S. The van der Waals surface area contributed by atoms with Crippen molar-refractivity contribution in [2.45, 2.75) is 38.6 Å². The van der Waals surface area contributed by atoms with Crippen LogP contribution in [0.2, 0.25) is 0 Å². The van der Waals surface area contributed by atoms with E-state index in [-0.39, 0.29) is 0 Å². The molecule has 2 aromatic rings. The Balaban J connectivity index is 1.93. The standard InChI is InChI=1S/C16H22N2O2S/c1-19-14-9-12-13(10-15(14)20-2)18(16(21)17-12)8-7-11-5-3-4-6-11/h9-11H,3-8H2,1-2H3,(H,17,21). The van der Waals surface area contributed by atoms with Gasteiger partial charge in [0.15, 0.2) is 16.3 Å². The number of nitrogens with one attached hydrogen (secondary N) is 1. The van der Waals surface area contributed by atoms with Gasteiger partial charge in [0, 0.05) is 18.7 Å². The highest BCUT2D eigenvalue weighted by molar-refractivity contribution is 7.71. The van der Waals surface area contributed by atoms with Crippen molar-refractivity contribution in [1.82, 2.24) is 9.55 Å². The van der Waals surface area contributed by atoms with Crippen molar-refractivity contribution in [3.8, 4) is 11.5 Å². The highest BCUT2D eigenvalue weighted by atomic mass is 32.1. The molecule has 4 nitrogen and oxygen atoms in total. The summed E-state index contributed by atoms with van der Waals surface area (Å²) >= 11 is 5.48. The lowest BCUT2D eigenvalue weighted by molar-refractivity contribution is 0.355. The molecule has 1 saturated carbocycles. The summed E-state index contributed by atoms with van der Waals surface area (Å²) in [5, 5.41) is 0. The molecule has 3 rings (SSSR count). The number of aryl methyl sites for hydroxylation is 1. The molecule has 0 radical (unpaired) electrons. The molecule has 0 bridgehead atoms. The van der Waals surface area contributed by atoms with Gasteiger partial charge in [-0.1, -0.05) is 25.7 Å². The summed E-state index contributed by atoms with van der Waals surface area (Å²) in [5.41, 5.74) is 2.10. The lowest BCUT2D eigenvalue weighted by Crippen LogP contribution is -2.03. The normalized spacial score (nSPS) is 15.7.